The van der Waals surface area contributed by atoms with Crippen LogP contribution in [0.15, 0.2) is 18.6 Å². The van der Waals surface area contributed by atoms with Crippen molar-refractivity contribution in [2.75, 3.05) is 31.6 Å². The lowest BCUT2D eigenvalue weighted by atomic mass is 10.1. The highest BCUT2D eigenvalue weighted by molar-refractivity contribution is 6.30. The summed E-state index contributed by atoms with van der Waals surface area (Å²) in [5.41, 5.74) is 0.811. The molecular formula is C17H23ClN6O3. The van der Waals surface area contributed by atoms with Gasteiger partial charge in [0.25, 0.3) is 5.91 Å². The van der Waals surface area contributed by atoms with Crippen LogP contribution in [0.4, 0.5) is 5.69 Å². The number of halogens is 1. The second kappa shape index (κ2) is 8.53. The number of rotatable bonds is 6. The molecular weight excluding hydrogens is 372 g/mol. The molecule has 146 valence electrons. The monoisotopic (exact) mass is 394 g/mol. The molecule has 1 fully saturated rings. The van der Waals surface area contributed by atoms with Crippen molar-refractivity contribution < 1.29 is 14.3 Å². The van der Waals surface area contributed by atoms with Crippen molar-refractivity contribution in [3.63, 3.8) is 0 Å². The smallest absolute Gasteiger partial charge is 0.274 e. The molecule has 2 aromatic heterocycles. The first-order chi connectivity index (χ1) is 13.0. The van der Waals surface area contributed by atoms with E-state index in [1.54, 1.807) is 27.4 Å². The molecule has 3 rings (SSSR count). The van der Waals surface area contributed by atoms with E-state index in [1.807, 2.05) is 6.92 Å². The van der Waals surface area contributed by atoms with E-state index < -0.39 is 0 Å². The summed E-state index contributed by atoms with van der Waals surface area (Å²) in [6, 6.07) is 0. The van der Waals surface area contributed by atoms with Crippen molar-refractivity contribution in [3.05, 3.63) is 29.3 Å². The normalized spacial score (nSPS) is 15.6. The Balaban J connectivity index is 1.73. The molecule has 0 radical (unpaired) electrons. The first kappa shape index (κ1) is 19.4. The highest BCUT2D eigenvalue weighted by Crippen LogP contribution is 2.20. The maximum atomic E-state index is 12.9. The van der Waals surface area contributed by atoms with Crippen molar-refractivity contribution in [3.8, 4) is 0 Å². The summed E-state index contributed by atoms with van der Waals surface area (Å²) < 4.78 is 8.52. The number of nitrogens with zero attached hydrogens (tertiary/aromatic N) is 5. The second-order valence-electron chi connectivity index (χ2n) is 6.40. The van der Waals surface area contributed by atoms with Gasteiger partial charge < -0.3 is 15.0 Å². The molecule has 3 heterocycles. The first-order valence-electron chi connectivity index (χ1n) is 8.91. The zero-order chi connectivity index (χ0) is 19.4. The maximum absolute atomic E-state index is 12.9. The number of anilines is 1. The number of ether oxygens (including phenoxy) is 1. The van der Waals surface area contributed by atoms with Gasteiger partial charge in [0.15, 0.2) is 0 Å². The lowest BCUT2D eigenvalue weighted by molar-refractivity contribution is -0.119. The predicted molar refractivity (Wildman–Crippen MR) is 99.7 cm³/mol. The molecule has 0 aliphatic carbocycles. The van der Waals surface area contributed by atoms with Crippen LogP contribution in [-0.2, 0) is 22.6 Å². The number of carbonyl (C=O) groups excluding carboxylic acids is 2. The number of hydrogen-bond donors (Lipinski definition) is 1. The molecule has 27 heavy (non-hydrogen) atoms. The summed E-state index contributed by atoms with van der Waals surface area (Å²) >= 11 is 5.86. The minimum Gasteiger partial charge on any atom is -0.378 e. The van der Waals surface area contributed by atoms with Crippen LogP contribution < -0.4 is 5.32 Å². The molecule has 0 bridgehead atoms. The Morgan fingerprint density at radius 3 is 2.67 bits per heavy atom. The molecule has 1 aliphatic rings. The maximum Gasteiger partial charge on any atom is 0.274 e. The second-order valence-corrected chi connectivity index (χ2v) is 6.83. The van der Waals surface area contributed by atoms with Gasteiger partial charge in [-0.05, 0) is 6.92 Å². The third-order valence-electron chi connectivity index (χ3n) is 4.41. The molecule has 2 amide bonds. The van der Waals surface area contributed by atoms with Crippen molar-refractivity contribution in [2.24, 2.45) is 5.92 Å². The molecule has 1 N–H and O–H groups in total. The van der Waals surface area contributed by atoms with E-state index in [-0.39, 0.29) is 17.7 Å². The van der Waals surface area contributed by atoms with Crippen LogP contribution in [0.3, 0.4) is 0 Å². The Labute approximate surface area is 162 Å². The van der Waals surface area contributed by atoms with Gasteiger partial charge in [-0.2, -0.15) is 10.2 Å². The number of morpholine rings is 1. The average molecular weight is 395 g/mol. The molecule has 1 saturated heterocycles. The van der Waals surface area contributed by atoms with Crippen LogP contribution >= 0.6 is 11.6 Å². The summed E-state index contributed by atoms with van der Waals surface area (Å²) in [6.45, 7) is 6.68. The Hall–Kier alpha value is -2.39. The fourth-order valence-electron chi connectivity index (χ4n) is 2.92. The van der Waals surface area contributed by atoms with E-state index in [1.165, 1.54) is 12.4 Å². The average Bonchev–Trinajstić information content (AvgIpc) is 3.27. The van der Waals surface area contributed by atoms with Gasteiger partial charge in [0.2, 0.25) is 5.91 Å². The minimum atomic E-state index is -0.364. The Bertz CT molecular complexity index is 811. The summed E-state index contributed by atoms with van der Waals surface area (Å²) in [6.07, 6.45) is 4.71. The highest BCUT2D eigenvalue weighted by Gasteiger charge is 2.27. The van der Waals surface area contributed by atoms with Gasteiger partial charge in [0.05, 0.1) is 48.8 Å². The van der Waals surface area contributed by atoms with Gasteiger partial charge in [-0.1, -0.05) is 18.5 Å². The summed E-state index contributed by atoms with van der Waals surface area (Å²) in [5.74, 6) is -0.731. The van der Waals surface area contributed by atoms with Crippen LogP contribution in [-0.4, -0.2) is 62.6 Å². The number of aromatic nitrogens is 4. The summed E-state index contributed by atoms with van der Waals surface area (Å²) in [7, 11) is 0. The quantitative estimate of drug-likeness (QED) is 0.801. The molecule has 2 aromatic rings. The molecule has 1 atom stereocenters. The first-order valence-corrected chi connectivity index (χ1v) is 9.29. The molecule has 0 aromatic carbocycles. The van der Waals surface area contributed by atoms with E-state index >= 15 is 0 Å². The standard InChI is InChI=1S/C17H23ClN6O3/c1-3-24-15(17(26)22-4-6-27-7-5-22)14(9-20-24)21-16(25)12(2)10-23-11-13(18)8-19-23/h8-9,11-12H,3-7,10H2,1-2H3,(H,21,25). The van der Waals surface area contributed by atoms with Gasteiger partial charge in [0.1, 0.15) is 5.69 Å². The SMILES string of the molecule is CCn1ncc(NC(=O)C(C)Cn2cc(Cl)cn2)c1C(=O)N1CCOCC1. The van der Waals surface area contributed by atoms with Crippen molar-refractivity contribution in [2.45, 2.75) is 26.9 Å². The van der Waals surface area contributed by atoms with E-state index in [4.69, 9.17) is 16.3 Å². The zero-order valence-corrected chi connectivity index (χ0v) is 16.1. The summed E-state index contributed by atoms with van der Waals surface area (Å²) in [4.78, 5) is 27.3. The van der Waals surface area contributed by atoms with Crippen LogP contribution in [0.2, 0.25) is 5.02 Å². The van der Waals surface area contributed by atoms with Gasteiger partial charge in [-0.3, -0.25) is 19.0 Å². The molecule has 9 nitrogen and oxygen atoms in total. The van der Waals surface area contributed by atoms with E-state index in [0.717, 1.165) is 0 Å². The predicted octanol–water partition coefficient (Wildman–Crippen LogP) is 1.50. The van der Waals surface area contributed by atoms with Crippen molar-refractivity contribution >= 4 is 29.1 Å². The van der Waals surface area contributed by atoms with Crippen LogP contribution in [0.1, 0.15) is 24.3 Å². The summed E-state index contributed by atoms with van der Waals surface area (Å²) in [5, 5.41) is 11.7. The molecule has 10 heteroatoms. The van der Waals surface area contributed by atoms with E-state index in [9.17, 15) is 9.59 Å². The number of amides is 2. The number of nitrogens with one attached hydrogen (secondary N) is 1. The number of hydrogen-bond acceptors (Lipinski definition) is 5. The third-order valence-corrected chi connectivity index (χ3v) is 4.60. The van der Waals surface area contributed by atoms with E-state index in [0.29, 0.717) is 55.8 Å². The van der Waals surface area contributed by atoms with Gasteiger partial charge in [-0.25, -0.2) is 0 Å². The lowest BCUT2D eigenvalue weighted by Crippen LogP contribution is -2.42. The molecule has 0 saturated carbocycles. The van der Waals surface area contributed by atoms with Crippen molar-refractivity contribution in [1.82, 2.24) is 24.5 Å². The molecule has 1 aliphatic heterocycles. The third kappa shape index (κ3) is 4.48. The number of carbonyl (C=O) groups is 2. The molecule has 1 unspecified atom stereocenters. The van der Waals surface area contributed by atoms with Crippen molar-refractivity contribution in [1.29, 1.82) is 0 Å². The van der Waals surface area contributed by atoms with Crippen LogP contribution in [0.5, 0.6) is 0 Å². The van der Waals surface area contributed by atoms with Crippen LogP contribution in [0.25, 0.3) is 0 Å². The van der Waals surface area contributed by atoms with Crippen LogP contribution in [0, 0.1) is 5.92 Å². The Morgan fingerprint density at radius 2 is 2.04 bits per heavy atom. The number of aryl methyl sites for hydroxylation is 1. The zero-order valence-electron chi connectivity index (χ0n) is 15.4. The minimum absolute atomic E-state index is 0.153. The Kier molecular flexibility index (Phi) is 6.12. The largest absolute Gasteiger partial charge is 0.378 e. The fourth-order valence-corrected chi connectivity index (χ4v) is 3.07. The van der Waals surface area contributed by atoms with Gasteiger partial charge in [0, 0.05) is 25.8 Å². The lowest BCUT2D eigenvalue weighted by Gasteiger charge is -2.27. The Morgan fingerprint density at radius 1 is 1.30 bits per heavy atom. The van der Waals surface area contributed by atoms with E-state index in [2.05, 4.69) is 15.5 Å². The van der Waals surface area contributed by atoms with Gasteiger partial charge in [-0.15, -0.1) is 0 Å². The van der Waals surface area contributed by atoms with Gasteiger partial charge >= 0.3 is 0 Å². The highest BCUT2D eigenvalue weighted by atomic mass is 35.5. The topological polar surface area (TPSA) is 94.3 Å². The molecule has 0 spiro atoms. The fraction of sp³-hybridized carbons (Fsp3) is 0.529.